The Morgan fingerprint density at radius 2 is 1.00 bits per heavy atom. The molecule has 0 aliphatic carbocycles. The Morgan fingerprint density at radius 1 is 0.619 bits per heavy atom. The van der Waals surface area contributed by atoms with Gasteiger partial charge in [-0.3, -0.25) is 0 Å². The number of hydrogen-bond acceptors (Lipinski definition) is 10. The summed E-state index contributed by atoms with van der Waals surface area (Å²) in [6.45, 7) is -1.17. The number of rotatable bonds is 4. The van der Waals surface area contributed by atoms with Crippen LogP contribution in [-0.4, -0.2) is 104 Å². The lowest BCUT2D eigenvalue weighted by Crippen LogP contribution is -2.60. The van der Waals surface area contributed by atoms with Crippen molar-refractivity contribution in [1.29, 1.82) is 0 Å². The van der Waals surface area contributed by atoms with E-state index in [0.717, 1.165) is 0 Å². The van der Waals surface area contributed by atoms with E-state index in [2.05, 4.69) is 0 Å². The van der Waals surface area contributed by atoms with Gasteiger partial charge in [-0.1, -0.05) is 0 Å². The number of aliphatic hydroxyl groups is 7. The van der Waals surface area contributed by atoms with Gasteiger partial charge in [-0.25, -0.2) is 0 Å². The van der Waals surface area contributed by atoms with Crippen molar-refractivity contribution in [2.24, 2.45) is 0 Å². The first kappa shape index (κ1) is 17.0. The first-order chi connectivity index (χ1) is 9.90. The molecule has 0 amide bonds. The summed E-state index contributed by atoms with van der Waals surface area (Å²) in [5.41, 5.74) is 0. The minimum Gasteiger partial charge on any atom is -0.394 e. The van der Waals surface area contributed by atoms with Crippen molar-refractivity contribution in [2.45, 2.75) is 55.3 Å². The van der Waals surface area contributed by atoms with E-state index in [1.807, 2.05) is 0 Å². The topological polar surface area (TPSA) is 169 Å². The SMILES string of the molecule is OC[C@H]1O[C@H](OC2O[C@H](CO)[C@@H](O)[C@@H]2O)[C@H](O)[C@@H](O)[C@@H]1O. The Morgan fingerprint density at radius 3 is 1.43 bits per heavy atom. The molecule has 9 atom stereocenters. The fourth-order valence-corrected chi connectivity index (χ4v) is 2.29. The second-order valence-corrected chi connectivity index (χ2v) is 5.04. The van der Waals surface area contributed by atoms with Crippen LogP contribution >= 0.6 is 0 Å². The van der Waals surface area contributed by atoms with Crippen LogP contribution in [0.5, 0.6) is 0 Å². The molecule has 2 aliphatic rings. The molecule has 7 N–H and O–H groups in total. The third-order valence-electron chi connectivity index (χ3n) is 3.62. The highest BCUT2D eigenvalue weighted by atomic mass is 16.8. The van der Waals surface area contributed by atoms with Gasteiger partial charge in [0, 0.05) is 0 Å². The first-order valence-electron chi connectivity index (χ1n) is 6.49. The minimum atomic E-state index is -1.65. The molecule has 0 radical (unpaired) electrons. The molecule has 2 saturated heterocycles. The second kappa shape index (κ2) is 6.79. The zero-order valence-electron chi connectivity index (χ0n) is 11.0. The van der Waals surface area contributed by atoms with E-state index >= 15 is 0 Å². The van der Waals surface area contributed by atoms with Crippen molar-refractivity contribution >= 4 is 0 Å². The molecule has 2 aliphatic heterocycles. The zero-order chi connectivity index (χ0) is 15.7. The summed E-state index contributed by atoms with van der Waals surface area (Å²) in [5.74, 6) is 0. The summed E-state index contributed by atoms with van der Waals surface area (Å²) in [4.78, 5) is 0. The maximum Gasteiger partial charge on any atom is 0.189 e. The van der Waals surface area contributed by atoms with Gasteiger partial charge in [0.1, 0.15) is 42.7 Å². The van der Waals surface area contributed by atoms with Crippen molar-refractivity contribution in [3.63, 3.8) is 0 Å². The van der Waals surface area contributed by atoms with E-state index in [1.54, 1.807) is 0 Å². The highest BCUT2D eigenvalue weighted by Crippen LogP contribution is 2.28. The molecule has 1 unspecified atom stereocenters. The van der Waals surface area contributed by atoms with Crippen LogP contribution < -0.4 is 0 Å². The zero-order valence-corrected chi connectivity index (χ0v) is 11.0. The highest BCUT2D eigenvalue weighted by molar-refractivity contribution is 4.91. The van der Waals surface area contributed by atoms with Crippen LogP contribution in [0.2, 0.25) is 0 Å². The third-order valence-corrected chi connectivity index (χ3v) is 3.62. The molecule has 10 nitrogen and oxygen atoms in total. The van der Waals surface area contributed by atoms with Gasteiger partial charge in [0.15, 0.2) is 12.6 Å². The highest BCUT2D eigenvalue weighted by Gasteiger charge is 2.49. The van der Waals surface area contributed by atoms with E-state index in [4.69, 9.17) is 24.4 Å². The molecule has 0 spiro atoms. The summed E-state index contributed by atoms with van der Waals surface area (Å²) in [5, 5.41) is 66.2. The molecule has 0 saturated carbocycles. The molecule has 0 aromatic rings. The Kier molecular flexibility index (Phi) is 5.48. The molecule has 2 rings (SSSR count). The van der Waals surface area contributed by atoms with Crippen molar-refractivity contribution in [1.82, 2.24) is 0 Å². The van der Waals surface area contributed by atoms with Gasteiger partial charge in [0.2, 0.25) is 0 Å². The summed E-state index contributed by atoms with van der Waals surface area (Å²) in [6, 6.07) is 0. The van der Waals surface area contributed by atoms with Crippen molar-refractivity contribution in [2.75, 3.05) is 13.2 Å². The summed E-state index contributed by atoms with van der Waals surface area (Å²) < 4.78 is 15.3. The van der Waals surface area contributed by atoms with Gasteiger partial charge in [-0.15, -0.1) is 0 Å². The second-order valence-electron chi connectivity index (χ2n) is 5.04. The molecule has 2 heterocycles. The minimum absolute atomic E-state index is 0.549. The summed E-state index contributed by atoms with van der Waals surface area (Å²) >= 11 is 0. The van der Waals surface area contributed by atoms with Crippen LogP contribution in [0.4, 0.5) is 0 Å². The smallest absolute Gasteiger partial charge is 0.189 e. The predicted molar refractivity (Wildman–Crippen MR) is 62.6 cm³/mol. The van der Waals surface area contributed by atoms with Crippen molar-refractivity contribution in [3.8, 4) is 0 Å². The van der Waals surface area contributed by atoms with E-state index in [9.17, 15) is 25.5 Å². The van der Waals surface area contributed by atoms with E-state index in [1.165, 1.54) is 0 Å². The average molecular weight is 312 g/mol. The third kappa shape index (κ3) is 3.19. The Balaban J connectivity index is 2.01. The Labute approximate surface area is 119 Å². The molecule has 10 heteroatoms. The van der Waals surface area contributed by atoms with Gasteiger partial charge >= 0.3 is 0 Å². The fourth-order valence-electron chi connectivity index (χ4n) is 2.29. The Bertz CT molecular complexity index is 339. The largest absolute Gasteiger partial charge is 0.394 e. The van der Waals surface area contributed by atoms with Gasteiger partial charge in [0.25, 0.3) is 0 Å². The van der Waals surface area contributed by atoms with Crippen LogP contribution in [0.3, 0.4) is 0 Å². The van der Waals surface area contributed by atoms with Crippen LogP contribution in [0.1, 0.15) is 0 Å². The van der Waals surface area contributed by atoms with E-state index < -0.39 is 68.5 Å². The van der Waals surface area contributed by atoms with Crippen LogP contribution in [0.25, 0.3) is 0 Å². The molecule has 0 bridgehead atoms. The molecular weight excluding hydrogens is 292 g/mol. The lowest BCUT2D eigenvalue weighted by molar-refractivity contribution is -0.341. The molecule has 0 aromatic carbocycles. The molecule has 2 fully saturated rings. The van der Waals surface area contributed by atoms with Crippen molar-refractivity contribution in [3.05, 3.63) is 0 Å². The fraction of sp³-hybridized carbons (Fsp3) is 1.00. The van der Waals surface area contributed by atoms with Gasteiger partial charge in [-0.2, -0.15) is 0 Å². The standard InChI is InChI=1S/C11H20O10/c12-1-3-5(14)7(16)9(18)11(19-3)21-10-8(17)6(15)4(2-13)20-10/h3-18H,1-2H2/t3-,4-,5-,6-,7+,8+,9-,10?,11-/m1/s1. The maximum atomic E-state index is 9.77. The monoisotopic (exact) mass is 312 g/mol. The molecule has 124 valence electrons. The van der Waals surface area contributed by atoms with E-state index in [-0.39, 0.29) is 0 Å². The van der Waals surface area contributed by atoms with Gasteiger partial charge < -0.3 is 50.0 Å². The summed E-state index contributed by atoms with van der Waals surface area (Å²) in [6.07, 6.45) is -12.8. The van der Waals surface area contributed by atoms with Gasteiger partial charge in [-0.05, 0) is 0 Å². The normalized spacial score (nSPS) is 51.3. The maximum absolute atomic E-state index is 9.77. The molecule has 0 aromatic heterocycles. The Hall–Kier alpha value is -0.400. The van der Waals surface area contributed by atoms with Crippen LogP contribution in [-0.2, 0) is 14.2 Å². The molecular formula is C11H20O10. The van der Waals surface area contributed by atoms with Gasteiger partial charge in [0.05, 0.1) is 13.2 Å². The average Bonchev–Trinajstić information content (AvgIpc) is 2.75. The molecule has 21 heavy (non-hydrogen) atoms. The predicted octanol–water partition coefficient (Wildman–Crippen LogP) is -4.76. The lowest BCUT2D eigenvalue weighted by Gasteiger charge is -2.40. The lowest BCUT2D eigenvalue weighted by atomic mass is 9.99. The van der Waals surface area contributed by atoms with E-state index in [0.29, 0.717) is 0 Å². The summed E-state index contributed by atoms with van der Waals surface area (Å²) in [7, 11) is 0. The first-order valence-corrected chi connectivity index (χ1v) is 6.49. The quantitative estimate of drug-likeness (QED) is 0.267. The van der Waals surface area contributed by atoms with Crippen molar-refractivity contribution < 1.29 is 50.0 Å². The number of hydrogen-bond donors (Lipinski definition) is 7. The van der Waals surface area contributed by atoms with Crippen LogP contribution in [0.15, 0.2) is 0 Å². The number of ether oxygens (including phenoxy) is 3. The van der Waals surface area contributed by atoms with Crippen LogP contribution in [0, 0.1) is 0 Å². The number of aliphatic hydroxyl groups excluding tert-OH is 7.